The molecular formula is C27H40O. The first-order valence-electron chi connectivity index (χ1n) is 11.8. The molecule has 0 amide bonds. The number of aliphatic hydroxyl groups excluding tert-OH is 1. The van der Waals surface area contributed by atoms with Gasteiger partial charge in [0.1, 0.15) is 0 Å². The predicted molar refractivity (Wildman–Crippen MR) is 119 cm³/mol. The van der Waals surface area contributed by atoms with Crippen molar-refractivity contribution in [3.8, 4) is 0 Å². The first-order valence-corrected chi connectivity index (χ1v) is 11.8. The fraction of sp³-hybridized carbons (Fsp3) is 0.704. The molecule has 0 saturated heterocycles. The third kappa shape index (κ3) is 3.38. The van der Waals surface area contributed by atoms with Crippen molar-refractivity contribution in [3.63, 3.8) is 0 Å². The Morgan fingerprint density at radius 2 is 1.79 bits per heavy atom. The molecule has 1 fully saturated rings. The standard InChI is InChI=1S/C27H40O/c1-17(2)18(3)6-7-19(4)25-12-13-26-24-10-8-20-16-21(28)9-11-22(20)23(24)14-15-27(25,26)5/h6-8,10,17-19,21,25-26,28H,9,11-16H2,1-5H3/t18-,19+,21-,25+,26-,27+/m0/s1. The lowest BCUT2D eigenvalue weighted by molar-refractivity contribution is 0.140. The third-order valence-electron chi connectivity index (χ3n) is 8.85. The van der Waals surface area contributed by atoms with Gasteiger partial charge in [-0.05, 0) is 102 Å². The van der Waals surface area contributed by atoms with Crippen molar-refractivity contribution in [2.24, 2.45) is 29.1 Å². The first-order chi connectivity index (χ1) is 13.3. The molecule has 154 valence electrons. The van der Waals surface area contributed by atoms with Gasteiger partial charge >= 0.3 is 0 Å². The zero-order chi connectivity index (χ0) is 20.1. The number of hydrogen-bond acceptors (Lipinski definition) is 1. The second-order valence-corrected chi connectivity index (χ2v) is 10.8. The first kappa shape index (κ1) is 20.2. The summed E-state index contributed by atoms with van der Waals surface area (Å²) in [5.74, 6) is 3.60. The van der Waals surface area contributed by atoms with Gasteiger partial charge in [-0.25, -0.2) is 0 Å². The second kappa shape index (κ2) is 7.63. The van der Waals surface area contributed by atoms with Crippen LogP contribution in [0.1, 0.15) is 88.5 Å². The summed E-state index contributed by atoms with van der Waals surface area (Å²) in [4.78, 5) is 0. The topological polar surface area (TPSA) is 20.2 Å². The van der Waals surface area contributed by atoms with E-state index in [0.29, 0.717) is 17.3 Å². The molecule has 6 atom stereocenters. The molecule has 1 aromatic carbocycles. The van der Waals surface area contributed by atoms with Crippen LogP contribution in [-0.4, -0.2) is 11.2 Å². The Labute approximate surface area is 172 Å². The molecule has 3 aliphatic rings. The highest BCUT2D eigenvalue weighted by atomic mass is 16.3. The lowest BCUT2D eigenvalue weighted by Crippen LogP contribution is -2.35. The summed E-state index contributed by atoms with van der Waals surface area (Å²) in [6.07, 6.45) is 13.1. The molecule has 3 aliphatic carbocycles. The van der Waals surface area contributed by atoms with Gasteiger partial charge in [-0.15, -0.1) is 0 Å². The summed E-state index contributed by atoms with van der Waals surface area (Å²) in [5, 5.41) is 10.1. The summed E-state index contributed by atoms with van der Waals surface area (Å²) >= 11 is 0. The third-order valence-corrected chi connectivity index (χ3v) is 8.85. The molecule has 4 rings (SSSR count). The van der Waals surface area contributed by atoms with Crippen molar-refractivity contribution >= 4 is 0 Å². The number of rotatable bonds is 4. The van der Waals surface area contributed by atoms with E-state index in [9.17, 15) is 5.11 Å². The van der Waals surface area contributed by atoms with Crippen LogP contribution in [-0.2, 0) is 19.3 Å². The van der Waals surface area contributed by atoms with Crippen LogP contribution in [0.25, 0.3) is 0 Å². The van der Waals surface area contributed by atoms with Crippen molar-refractivity contribution in [1.29, 1.82) is 0 Å². The maximum absolute atomic E-state index is 10.1. The van der Waals surface area contributed by atoms with Gasteiger partial charge in [0.05, 0.1) is 6.10 Å². The zero-order valence-electron chi connectivity index (χ0n) is 18.7. The normalized spacial score (nSPS) is 34.2. The van der Waals surface area contributed by atoms with Crippen LogP contribution in [0.5, 0.6) is 0 Å². The average molecular weight is 381 g/mol. The van der Waals surface area contributed by atoms with E-state index in [-0.39, 0.29) is 6.10 Å². The Morgan fingerprint density at radius 1 is 1.00 bits per heavy atom. The Kier molecular flexibility index (Phi) is 5.51. The van der Waals surface area contributed by atoms with E-state index in [0.717, 1.165) is 37.0 Å². The highest BCUT2D eigenvalue weighted by Gasteiger charge is 2.50. The van der Waals surface area contributed by atoms with Gasteiger partial charge in [0, 0.05) is 0 Å². The fourth-order valence-electron chi connectivity index (χ4n) is 6.65. The summed E-state index contributed by atoms with van der Waals surface area (Å²) < 4.78 is 0. The van der Waals surface area contributed by atoms with Gasteiger partial charge in [0.2, 0.25) is 0 Å². The number of aliphatic hydroxyl groups is 1. The Hall–Kier alpha value is -1.08. The summed E-state index contributed by atoms with van der Waals surface area (Å²) in [6, 6.07) is 4.79. The van der Waals surface area contributed by atoms with Crippen molar-refractivity contribution in [2.75, 3.05) is 0 Å². The second-order valence-electron chi connectivity index (χ2n) is 10.8. The summed E-state index contributed by atoms with van der Waals surface area (Å²) in [5.41, 5.74) is 6.81. The van der Waals surface area contributed by atoms with Crippen molar-refractivity contribution in [1.82, 2.24) is 0 Å². The molecule has 1 heteroatoms. The molecule has 0 radical (unpaired) electrons. The molecule has 0 aliphatic heterocycles. The largest absolute Gasteiger partial charge is 0.393 e. The van der Waals surface area contributed by atoms with Crippen molar-refractivity contribution in [3.05, 3.63) is 46.5 Å². The Balaban J connectivity index is 1.58. The number of hydrogen-bond donors (Lipinski definition) is 1. The van der Waals surface area contributed by atoms with Crippen LogP contribution < -0.4 is 0 Å². The fourth-order valence-corrected chi connectivity index (χ4v) is 6.65. The van der Waals surface area contributed by atoms with Crippen LogP contribution >= 0.6 is 0 Å². The van der Waals surface area contributed by atoms with Gasteiger partial charge in [-0.3, -0.25) is 0 Å². The minimum absolute atomic E-state index is 0.129. The van der Waals surface area contributed by atoms with E-state index in [4.69, 9.17) is 0 Å². The van der Waals surface area contributed by atoms with Gasteiger partial charge in [0.15, 0.2) is 0 Å². The van der Waals surface area contributed by atoms with E-state index in [1.54, 1.807) is 16.7 Å². The molecule has 0 bridgehead atoms. The van der Waals surface area contributed by atoms with Crippen LogP contribution in [0, 0.1) is 29.1 Å². The van der Waals surface area contributed by atoms with Crippen molar-refractivity contribution < 1.29 is 5.11 Å². The smallest absolute Gasteiger partial charge is 0.0583 e. The molecule has 1 N–H and O–H groups in total. The van der Waals surface area contributed by atoms with Crippen LogP contribution in [0.3, 0.4) is 0 Å². The van der Waals surface area contributed by atoms with E-state index in [1.807, 2.05) is 0 Å². The molecule has 1 saturated carbocycles. The number of benzene rings is 1. The monoisotopic (exact) mass is 380 g/mol. The maximum Gasteiger partial charge on any atom is 0.0583 e. The van der Waals surface area contributed by atoms with Gasteiger partial charge < -0.3 is 5.11 Å². The van der Waals surface area contributed by atoms with Gasteiger partial charge in [0.25, 0.3) is 0 Å². The molecule has 1 nitrogen and oxygen atoms in total. The van der Waals surface area contributed by atoms with E-state index >= 15 is 0 Å². The maximum atomic E-state index is 10.1. The van der Waals surface area contributed by atoms with E-state index in [1.165, 1.54) is 31.2 Å². The zero-order valence-corrected chi connectivity index (χ0v) is 18.7. The van der Waals surface area contributed by atoms with Gasteiger partial charge in [-0.1, -0.05) is 58.9 Å². The Bertz CT molecular complexity index is 745. The molecule has 0 unspecified atom stereocenters. The van der Waals surface area contributed by atoms with Gasteiger partial charge in [-0.2, -0.15) is 0 Å². The molecular weight excluding hydrogens is 340 g/mol. The van der Waals surface area contributed by atoms with E-state index in [2.05, 4.69) is 58.9 Å². The lowest BCUT2D eigenvalue weighted by atomic mass is 9.60. The molecule has 28 heavy (non-hydrogen) atoms. The summed E-state index contributed by atoms with van der Waals surface area (Å²) in [7, 11) is 0. The highest BCUT2D eigenvalue weighted by Crippen LogP contribution is 2.61. The quantitative estimate of drug-likeness (QED) is 0.594. The predicted octanol–water partition coefficient (Wildman–Crippen LogP) is 6.47. The van der Waals surface area contributed by atoms with Crippen molar-refractivity contribution in [2.45, 2.75) is 91.6 Å². The number of allylic oxidation sites excluding steroid dienone is 2. The highest BCUT2D eigenvalue weighted by molar-refractivity contribution is 5.47. The van der Waals surface area contributed by atoms with Crippen LogP contribution in [0.15, 0.2) is 24.3 Å². The van der Waals surface area contributed by atoms with E-state index < -0.39 is 0 Å². The lowest BCUT2D eigenvalue weighted by Gasteiger charge is -2.44. The number of fused-ring (bicyclic) bond motifs is 5. The molecule has 0 aromatic heterocycles. The minimum Gasteiger partial charge on any atom is -0.393 e. The summed E-state index contributed by atoms with van der Waals surface area (Å²) in [6.45, 7) is 12.1. The van der Waals surface area contributed by atoms with Crippen LogP contribution in [0.4, 0.5) is 0 Å². The SMILES string of the molecule is CC(C)[C@@H](C)C=C[C@@H](C)[C@H]1CC[C@H]2c3ccc4c(c3CC[C@]12C)CC[C@H](O)C4. The molecule has 0 spiro atoms. The molecule has 0 heterocycles. The average Bonchev–Trinajstić information content (AvgIpc) is 3.02. The molecule has 1 aromatic rings. The Morgan fingerprint density at radius 3 is 2.54 bits per heavy atom. The van der Waals surface area contributed by atoms with Crippen LogP contribution in [0.2, 0.25) is 0 Å². The minimum atomic E-state index is -0.129.